The summed E-state index contributed by atoms with van der Waals surface area (Å²) in [4.78, 5) is 13.6. The van der Waals surface area contributed by atoms with Crippen molar-refractivity contribution in [3.63, 3.8) is 0 Å². The first kappa shape index (κ1) is 16.9. The van der Waals surface area contributed by atoms with Crippen molar-refractivity contribution >= 4 is 6.09 Å². The highest BCUT2D eigenvalue weighted by Gasteiger charge is 2.49. The van der Waals surface area contributed by atoms with Crippen LogP contribution in [-0.4, -0.2) is 57.4 Å². The second-order valence-corrected chi connectivity index (χ2v) is 6.39. The number of hydrogen-bond donors (Lipinski definition) is 2. The molecule has 0 aliphatic carbocycles. The van der Waals surface area contributed by atoms with Crippen molar-refractivity contribution in [3.05, 3.63) is 12.7 Å². The molecule has 1 fully saturated rings. The van der Waals surface area contributed by atoms with E-state index in [9.17, 15) is 15.0 Å². The van der Waals surface area contributed by atoms with Gasteiger partial charge in [-0.05, 0) is 34.6 Å². The maximum absolute atomic E-state index is 12.3. The van der Waals surface area contributed by atoms with Crippen molar-refractivity contribution in [2.24, 2.45) is 0 Å². The molecule has 0 aromatic rings. The average Bonchev–Trinajstić information content (AvgIpc) is 2.60. The van der Waals surface area contributed by atoms with E-state index in [1.807, 2.05) is 0 Å². The zero-order chi connectivity index (χ0) is 15.7. The van der Waals surface area contributed by atoms with E-state index in [0.29, 0.717) is 0 Å². The third-order valence-electron chi connectivity index (χ3n) is 3.09. The van der Waals surface area contributed by atoms with Crippen molar-refractivity contribution in [1.82, 2.24) is 4.90 Å². The zero-order valence-corrected chi connectivity index (χ0v) is 12.8. The van der Waals surface area contributed by atoms with Gasteiger partial charge >= 0.3 is 6.09 Å². The number of amides is 1. The molecule has 0 saturated carbocycles. The van der Waals surface area contributed by atoms with E-state index in [-0.39, 0.29) is 6.61 Å². The van der Waals surface area contributed by atoms with Crippen molar-refractivity contribution in [1.29, 1.82) is 0 Å². The quantitative estimate of drug-likeness (QED) is 0.764. The van der Waals surface area contributed by atoms with Gasteiger partial charge in [0.25, 0.3) is 0 Å². The molecule has 1 aliphatic heterocycles. The normalized spacial score (nSPS) is 25.1. The maximum atomic E-state index is 12.3. The zero-order valence-electron chi connectivity index (χ0n) is 12.8. The third-order valence-corrected chi connectivity index (χ3v) is 3.09. The van der Waals surface area contributed by atoms with E-state index in [1.165, 1.54) is 11.0 Å². The van der Waals surface area contributed by atoms with E-state index in [0.717, 1.165) is 0 Å². The largest absolute Gasteiger partial charge is 0.444 e. The molecule has 0 aromatic heterocycles. The molecule has 1 saturated heterocycles. The van der Waals surface area contributed by atoms with Crippen LogP contribution in [0.25, 0.3) is 0 Å². The van der Waals surface area contributed by atoms with Crippen molar-refractivity contribution in [3.8, 4) is 0 Å². The molecule has 0 aromatic carbocycles. The lowest BCUT2D eigenvalue weighted by molar-refractivity contribution is -0.0731. The summed E-state index contributed by atoms with van der Waals surface area (Å²) in [5.74, 6) is 0. The predicted molar refractivity (Wildman–Crippen MR) is 74.1 cm³/mol. The third kappa shape index (κ3) is 3.71. The summed E-state index contributed by atoms with van der Waals surface area (Å²) in [5, 5.41) is 19.8. The first-order chi connectivity index (χ1) is 8.99. The van der Waals surface area contributed by atoms with Crippen LogP contribution in [0.1, 0.15) is 34.6 Å². The number of carbonyl (C=O) groups excluding carboxylic acids is 1. The van der Waals surface area contributed by atoms with Gasteiger partial charge in [-0.25, -0.2) is 4.79 Å². The van der Waals surface area contributed by atoms with Crippen molar-refractivity contribution in [2.45, 2.75) is 64.2 Å². The van der Waals surface area contributed by atoms with Crippen LogP contribution in [0.4, 0.5) is 4.79 Å². The van der Waals surface area contributed by atoms with Crippen LogP contribution >= 0.6 is 0 Å². The Morgan fingerprint density at radius 1 is 1.50 bits per heavy atom. The average molecular weight is 287 g/mol. The van der Waals surface area contributed by atoms with Crippen LogP contribution in [0.15, 0.2) is 12.7 Å². The van der Waals surface area contributed by atoms with Gasteiger partial charge in [-0.2, -0.15) is 0 Å². The summed E-state index contributed by atoms with van der Waals surface area (Å²) in [6.07, 6.45) is -1.67. The number of hydrogen-bond acceptors (Lipinski definition) is 5. The van der Waals surface area contributed by atoms with Crippen LogP contribution < -0.4 is 0 Å². The van der Waals surface area contributed by atoms with Crippen LogP contribution in [0.2, 0.25) is 0 Å². The van der Waals surface area contributed by atoms with Gasteiger partial charge in [0.15, 0.2) is 0 Å². The van der Waals surface area contributed by atoms with Gasteiger partial charge in [0, 0.05) is 0 Å². The standard InChI is InChI=1S/C14H25NO5/c1-7-10(16)11(17)9-8-19-14(5,6)15(9)12(18)20-13(2,3)4/h7,9-11,16-17H,1,8H2,2-6H3/t9-,10-,11-/m0/s1. The Kier molecular flexibility index (Phi) is 4.84. The molecule has 0 radical (unpaired) electrons. The van der Waals surface area contributed by atoms with Gasteiger partial charge in [0.2, 0.25) is 0 Å². The van der Waals surface area contributed by atoms with E-state index in [1.54, 1.807) is 34.6 Å². The summed E-state index contributed by atoms with van der Waals surface area (Å²) in [5.41, 5.74) is -1.56. The lowest BCUT2D eigenvalue weighted by Gasteiger charge is -2.37. The molecular formula is C14H25NO5. The Balaban J connectivity index is 2.96. The SMILES string of the molecule is C=C[C@H](O)[C@@H](O)[C@@H]1COC(C)(C)N1C(=O)OC(C)(C)C. The molecule has 0 spiro atoms. The number of aliphatic hydroxyl groups is 2. The van der Waals surface area contributed by atoms with Gasteiger partial charge in [0.05, 0.1) is 18.8 Å². The van der Waals surface area contributed by atoms with Crippen LogP contribution in [0.3, 0.4) is 0 Å². The van der Waals surface area contributed by atoms with E-state index in [2.05, 4.69) is 6.58 Å². The highest BCUT2D eigenvalue weighted by atomic mass is 16.6. The van der Waals surface area contributed by atoms with Gasteiger partial charge in [0.1, 0.15) is 17.4 Å². The van der Waals surface area contributed by atoms with Gasteiger partial charge in [-0.1, -0.05) is 6.08 Å². The van der Waals surface area contributed by atoms with Crippen LogP contribution in [-0.2, 0) is 9.47 Å². The second-order valence-electron chi connectivity index (χ2n) is 6.39. The molecule has 0 bridgehead atoms. The Morgan fingerprint density at radius 2 is 2.05 bits per heavy atom. The number of ether oxygens (including phenoxy) is 2. The highest BCUT2D eigenvalue weighted by Crippen LogP contribution is 2.31. The summed E-state index contributed by atoms with van der Waals surface area (Å²) >= 11 is 0. The summed E-state index contributed by atoms with van der Waals surface area (Å²) < 4.78 is 10.9. The Morgan fingerprint density at radius 3 is 2.50 bits per heavy atom. The summed E-state index contributed by atoms with van der Waals surface area (Å²) in [6.45, 7) is 12.3. The molecular weight excluding hydrogens is 262 g/mol. The molecule has 116 valence electrons. The molecule has 2 N–H and O–H groups in total. The first-order valence-corrected chi connectivity index (χ1v) is 6.64. The van der Waals surface area contributed by atoms with Crippen molar-refractivity contribution in [2.75, 3.05) is 6.61 Å². The molecule has 0 unspecified atom stereocenters. The number of rotatable bonds is 3. The van der Waals surface area contributed by atoms with Crippen molar-refractivity contribution < 1.29 is 24.5 Å². The molecule has 1 amide bonds. The molecule has 20 heavy (non-hydrogen) atoms. The predicted octanol–water partition coefficient (Wildman–Crippen LogP) is 1.27. The van der Waals surface area contributed by atoms with Gasteiger partial charge in [-0.3, -0.25) is 4.90 Å². The highest BCUT2D eigenvalue weighted by molar-refractivity contribution is 5.70. The minimum absolute atomic E-state index is 0.123. The Bertz CT molecular complexity index is 374. The number of nitrogens with zero attached hydrogens (tertiary/aromatic N) is 1. The lowest BCUT2D eigenvalue weighted by atomic mass is 10.0. The molecule has 6 nitrogen and oxygen atoms in total. The first-order valence-electron chi connectivity index (χ1n) is 6.64. The fourth-order valence-electron chi connectivity index (χ4n) is 2.12. The number of carbonyl (C=O) groups is 1. The Labute approximate surface area is 120 Å². The summed E-state index contributed by atoms with van der Waals surface area (Å²) in [7, 11) is 0. The molecule has 1 rings (SSSR count). The van der Waals surface area contributed by atoms with Gasteiger partial charge < -0.3 is 19.7 Å². The van der Waals surface area contributed by atoms with E-state index >= 15 is 0 Å². The number of aliphatic hydroxyl groups excluding tert-OH is 2. The van der Waals surface area contributed by atoms with E-state index < -0.39 is 35.7 Å². The fourth-order valence-corrected chi connectivity index (χ4v) is 2.12. The summed E-state index contributed by atoms with van der Waals surface area (Å²) in [6, 6.07) is -0.687. The lowest BCUT2D eigenvalue weighted by Crippen LogP contribution is -2.55. The molecule has 6 heteroatoms. The topological polar surface area (TPSA) is 79.2 Å². The second kappa shape index (κ2) is 5.71. The molecule has 3 atom stereocenters. The maximum Gasteiger partial charge on any atom is 0.412 e. The van der Waals surface area contributed by atoms with Gasteiger partial charge in [-0.15, -0.1) is 6.58 Å². The van der Waals surface area contributed by atoms with E-state index in [4.69, 9.17) is 9.47 Å². The fraction of sp³-hybridized carbons (Fsp3) is 0.786. The van der Waals surface area contributed by atoms with Crippen LogP contribution in [0, 0.1) is 0 Å². The Hall–Kier alpha value is -1.11. The monoisotopic (exact) mass is 287 g/mol. The smallest absolute Gasteiger partial charge is 0.412 e. The molecule has 1 aliphatic rings. The van der Waals surface area contributed by atoms with Crippen LogP contribution in [0.5, 0.6) is 0 Å². The molecule has 1 heterocycles. The minimum atomic E-state index is -1.18. The minimum Gasteiger partial charge on any atom is -0.444 e.